The van der Waals surface area contributed by atoms with Gasteiger partial charge in [0.25, 0.3) is 5.91 Å². The highest BCUT2D eigenvalue weighted by Gasteiger charge is 2.27. The lowest BCUT2D eigenvalue weighted by Crippen LogP contribution is -2.38. The summed E-state index contributed by atoms with van der Waals surface area (Å²) in [5.74, 6) is 1.05. The van der Waals surface area contributed by atoms with Crippen molar-refractivity contribution in [1.29, 1.82) is 0 Å². The van der Waals surface area contributed by atoms with Gasteiger partial charge in [0.15, 0.2) is 0 Å². The van der Waals surface area contributed by atoms with E-state index >= 15 is 0 Å². The lowest BCUT2D eigenvalue weighted by atomic mass is 9.95. The first kappa shape index (κ1) is 18.3. The van der Waals surface area contributed by atoms with Crippen molar-refractivity contribution in [2.24, 2.45) is 0 Å². The molecule has 0 aliphatic carbocycles. The Balaban J connectivity index is 1.40. The molecule has 4 rings (SSSR count). The van der Waals surface area contributed by atoms with E-state index in [1.807, 2.05) is 40.8 Å². The molecule has 6 heteroatoms. The Morgan fingerprint density at radius 3 is 2.43 bits per heavy atom. The second kappa shape index (κ2) is 7.92. The highest BCUT2D eigenvalue weighted by molar-refractivity contribution is 5.94. The smallest absolute Gasteiger partial charge is 0.253 e. The van der Waals surface area contributed by atoms with E-state index in [1.165, 1.54) is 12.1 Å². The van der Waals surface area contributed by atoms with Gasteiger partial charge in [-0.3, -0.25) is 4.79 Å². The summed E-state index contributed by atoms with van der Waals surface area (Å²) in [6, 6.07) is 14.2. The van der Waals surface area contributed by atoms with E-state index in [2.05, 4.69) is 10.1 Å². The number of hydrogen-bond donors (Lipinski definition) is 0. The molecule has 1 amide bonds. The predicted octanol–water partition coefficient (Wildman–Crippen LogP) is 3.79. The number of hydrogen-bond acceptors (Lipinski definition) is 3. The molecule has 144 valence electrons. The Hall–Kier alpha value is -3.02. The Bertz CT molecular complexity index is 941. The largest absolute Gasteiger partial charge is 0.339 e. The van der Waals surface area contributed by atoms with Crippen LogP contribution in [0.1, 0.15) is 46.1 Å². The fourth-order valence-corrected chi connectivity index (χ4v) is 3.69. The number of aromatic nitrogens is 3. The van der Waals surface area contributed by atoms with E-state index in [9.17, 15) is 9.18 Å². The summed E-state index contributed by atoms with van der Waals surface area (Å²) < 4.78 is 15.0. The summed E-state index contributed by atoms with van der Waals surface area (Å²) in [4.78, 5) is 19.1. The van der Waals surface area contributed by atoms with Gasteiger partial charge in [-0.1, -0.05) is 29.8 Å². The number of amides is 1. The SMILES string of the molecule is Cc1ccc(C(=O)N2CCC(c3ncnn3Cc3ccc(F)cc3)CC2)cc1. The Labute approximate surface area is 163 Å². The molecule has 0 bridgehead atoms. The van der Waals surface area contributed by atoms with Crippen LogP contribution < -0.4 is 0 Å². The average molecular weight is 378 g/mol. The van der Waals surface area contributed by atoms with Gasteiger partial charge in [-0.05, 0) is 49.6 Å². The van der Waals surface area contributed by atoms with Crippen LogP contribution in [0.2, 0.25) is 0 Å². The number of rotatable bonds is 4. The molecule has 1 aromatic heterocycles. The molecule has 0 N–H and O–H groups in total. The fraction of sp³-hybridized carbons (Fsp3) is 0.318. The first-order chi connectivity index (χ1) is 13.6. The van der Waals surface area contributed by atoms with Crippen LogP contribution in [0.25, 0.3) is 0 Å². The molecule has 1 aliphatic rings. The zero-order valence-electron chi connectivity index (χ0n) is 15.9. The molecule has 0 unspecified atom stereocenters. The van der Waals surface area contributed by atoms with Gasteiger partial charge in [-0.15, -0.1) is 0 Å². The fourth-order valence-electron chi connectivity index (χ4n) is 3.69. The second-order valence-corrected chi connectivity index (χ2v) is 7.33. The molecule has 0 atom stereocenters. The third kappa shape index (κ3) is 3.96. The van der Waals surface area contributed by atoms with Gasteiger partial charge in [0.05, 0.1) is 6.54 Å². The van der Waals surface area contributed by atoms with Crippen LogP contribution in [-0.2, 0) is 6.54 Å². The summed E-state index contributed by atoms with van der Waals surface area (Å²) in [5.41, 5.74) is 2.87. The van der Waals surface area contributed by atoms with Crippen LogP contribution in [-0.4, -0.2) is 38.7 Å². The highest BCUT2D eigenvalue weighted by Crippen LogP contribution is 2.27. The van der Waals surface area contributed by atoms with Crippen molar-refractivity contribution in [3.63, 3.8) is 0 Å². The molecular formula is C22H23FN4O. The van der Waals surface area contributed by atoms with Gasteiger partial charge in [0, 0.05) is 24.6 Å². The van der Waals surface area contributed by atoms with Gasteiger partial charge in [0.1, 0.15) is 18.0 Å². The first-order valence-electron chi connectivity index (χ1n) is 9.58. The van der Waals surface area contributed by atoms with E-state index in [-0.39, 0.29) is 17.6 Å². The van der Waals surface area contributed by atoms with Gasteiger partial charge < -0.3 is 4.90 Å². The summed E-state index contributed by atoms with van der Waals surface area (Å²) in [6.07, 6.45) is 3.29. The maximum atomic E-state index is 13.1. The van der Waals surface area contributed by atoms with Crippen LogP contribution in [0.3, 0.4) is 0 Å². The average Bonchev–Trinajstić information content (AvgIpc) is 3.18. The summed E-state index contributed by atoms with van der Waals surface area (Å²) in [5, 5.41) is 4.35. The molecule has 1 aliphatic heterocycles. The van der Waals surface area contributed by atoms with Crippen LogP contribution in [0, 0.1) is 12.7 Å². The third-order valence-electron chi connectivity index (χ3n) is 5.34. The minimum absolute atomic E-state index is 0.0891. The number of carbonyl (C=O) groups is 1. The molecule has 5 nitrogen and oxygen atoms in total. The van der Waals surface area contributed by atoms with Crippen molar-refractivity contribution < 1.29 is 9.18 Å². The molecule has 0 spiro atoms. The topological polar surface area (TPSA) is 51.0 Å². The maximum absolute atomic E-state index is 13.1. The molecule has 3 aromatic rings. The quantitative estimate of drug-likeness (QED) is 0.694. The van der Waals surface area contributed by atoms with Crippen molar-refractivity contribution in [2.75, 3.05) is 13.1 Å². The predicted molar refractivity (Wildman–Crippen MR) is 105 cm³/mol. The van der Waals surface area contributed by atoms with Crippen molar-refractivity contribution in [3.8, 4) is 0 Å². The molecule has 28 heavy (non-hydrogen) atoms. The number of piperidine rings is 1. The van der Waals surface area contributed by atoms with Crippen LogP contribution in [0.4, 0.5) is 4.39 Å². The monoisotopic (exact) mass is 378 g/mol. The van der Waals surface area contributed by atoms with Gasteiger partial charge in [0.2, 0.25) is 0 Å². The van der Waals surface area contributed by atoms with Crippen molar-refractivity contribution in [3.05, 3.63) is 83.2 Å². The van der Waals surface area contributed by atoms with E-state index in [1.54, 1.807) is 18.5 Å². The zero-order chi connectivity index (χ0) is 19.5. The summed E-state index contributed by atoms with van der Waals surface area (Å²) >= 11 is 0. The number of halogens is 1. The first-order valence-corrected chi connectivity index (χ1v) is 9.58. The number of benzene rings is 2. The van der Waals surface area contributed by atoms with Gasteiger partial charge in [-0.25, -0.2) is 14.1 Å². The lowest BCUT2D eigenvalue weighted by molar-refractivity contribution is 0.0710. The second-order valence-electron chi connectivity index (χ2n) is 7.33. The summed E-state index contributed by atoms with van der Waals surface area (Å²) in [7, 11) is 0. The lowest BCUT2D eigenvalue weighted by Gasteiger charge is -2.31. The molecule has 2 heterocycles. The Kier molecular flexibility index (Phi) is 5.19. The minimum Gasteiger partial charge on any atom is -0.339 e. The van der Waals surface area contributed by atoms with E-state index < -0.39 is 0 Å². The Morgan fingerprint density at radius 2 is 1.75 bits per heavy atom. The van der Waals surface area contributed by atoms with Gasteiger partial charge in [-0.2, -0.15) is 5.10 Å². The number of aryl methyl sites for hydroxylation is 1. The molecule has 2 aromatic carbocycles. The van der Waals surface area contributed by atoms with Crippen molar-refractivity contribution in [2.45, 2.75) is 32.2 Å². The van der Waals surface area contributed by atoms with Crippen LogP contribution in [0.15, 0.2) is 54.9 Å². The number of carbonyl (C=O) groups excluding carboxylic acids is 1. The number of likely N-dealkylation sites (tertiary alicyclic amines) is 1. The third-order valence-corrected chi connectivity index (χ3v) is 5.34. The molecular weight excluding hydrogens is 355 g/mol. The molecule has 0 saturated carbocycles. The Morgan fingerprint density at radius 1 is 1.07 bits per heavy atom. The summed E-state index contributed by atoms with van der Waals surface area (Å²) in [6.45, 7) is 4.00. The van der Waals surface area contributed by atoms with Crippen LogP contribution >= 0.6 is 0 Å². The molecule has 0 radical (unpaired) electrons. The standard InChI is InChI=1S/C22H23FN4O/c1-16-2-6-19(7-3-16)22(28)26-12-10-18(11-13-26)21-24-15-25-27(21)14-17-4-8-20(23)9-5-17/h2-9,15,18H,10-14H2,1H3. The zero-order valence-corrected chi connectivity index (χ0v) is 15.9. The van der Waals surface area contributed by atoms with Crippen molar-refractivity contribution in [1.82, 2.24) is 19.7 Å². The number of nitrogens with zero attached hydrogens (tertiary/aromatic N) is 4. The molecule has 1 fully saturated rings. The highest BCUT2D eigenvalue weighted by atomic mass is 19.1. The van der Waals surface area contributed by atoms with Gasteiger partial charge >= 0.3 is 0 Å². The van der Waals surface area contributed by atoms with E-state index in [0.717, 1.165) is 35.4 Å². The van der Waals surface area contributed by atoms with E-state index in [0.29, 0.717) is 19.6 Å². The van der Waals surface area contributed by atoms with Crippen molar-refractivity contribution >= 4 is 5.91 Å². The van der Waals surface area contributed by atoms with Crippen LogP contribution in [0.5, 0.6) is 0 Å². The normalized spacial score (nSPS) is 15.0. The molecule has 1 saturated heterocycles. The van der Waals surface area contributed by atoms with E-state index in [4.69, 9.17) is 0 Å². The maximum Gasteiger partial charge on any atom is 0.253 e. The minimum atomic E-state index is -0.242.